The fourth-order valence-electron chi connectivity index (χ4n) is 12.2. The SMILES string of the molecule is CCCC(C(=O)OCCNCC1CO1)N1C(=O)c2cc(Oc3ccc(C)cc3)c3c4c(Oc5ccc(C)cc5)cc5c6c(cc(Oc7ccc(C)cc7)c(c7c(Oc8ccc(C)cc8)cc(c2c37)C1=O)c64)C(=O)N(C(CCC)C(=O)OCCNCC1CO1)C5=O. The number of epoxide rings is 2. The molecule has 9 aromatic rings. The highest BCUT2D eigenvalue weighted by atomic mass is 16.6. The third-order valence-electron chi connectivity index (χ3n) is 16.8. The van der Waals surface area contributed by atoms with E-state index in [0.717, 1.165) is 32.1 Å². The van der Waals surface area contributed by atoms with Gasteiger partial charge in [-0.05, 0) is 113 Å². The molecule has 4 unspecified atom stereocenters. The minimum absolute atomic E-state index is 0.0195. The lowest BCUT2D eigenvalue weighted by Crippen LogP contribution is -2.51. The first-order valence-electron chi connectivity index (χ1n) is 30.8. The predicted molar refractivity (Wildman–Crippen MR) is 338 cm³/mol. The number of aryl methyl sites for hydroxylation is 4. The number of fused-ring (bicyclic) bond motifs is 2. The normalized spacial score (nSPS) is 16.5. The molecular weight excluding hydrogens is 1140 g/mol. The predicted octanol–water partition coefficient (Wildman–Crippen LogP) is 12.7. The summed E-state index contributed by atoms with van der Waals surface area (Å²) in [5.74, 6) is -2.60. The zero-order chi connectivity index (χ0) is 62.5. The quantitative estimate of drug-likeness (QED) is 0.0129. The van der Waals surface area contributed by atoms with E-state index in [1.165, 1.54) is 0 Å². The highest BCUT2D eigenvalue weighted by Crippen LogP contribution is 2.58. The molecule has 460 valence electrons. The minimum atomic E-state index is -1.33. The molecule has 4 amide bonds. The van der Waals surface area contributed by atoms with Crippen LogP contribution in [0, 0.1) is 27.7 Å². The largest absolute Gasteiger partial charge is 0.463 e. The summed E-state index contributed by atoms with van der Waals surface area (Å²) in [5.41, 5.74) is 3.94. The van der Waals surface area contributed by atoms with Crippen molar-refractivity contribution in [3.05, 3.63) is 166 Å². The number of nitrogens with zero attached hydrogens (tertiary/aromatic N) is 2. The Morgan fingerprint density at radius 1 is 0.433 bits per heavy atom. The van der Waals surface area contributed by atoms with Crippen LogP contribution in [0.4, 0.5) is 0 Å². The molecule has 4 heterocycles. The molecule has 0 spiro atoms. The first-order chi connectivity index (χ1) is 43.7. The lowest BCUT2D eigenvalue weighted by Gasteiger charge is -2.35. The second-order valence-electron chi connectivity index (χ2n) is 23.6. The van der Waals surface area contributed by atoms with Crippen LogP contribution in [0.5, 0.6) is 46.0 Å². The zero-order valence-electron chi connectivity index (χ0n) is 51.0. The average Bonchev–Trinajstić information content (AvgIpc) is 0.679. The number of hydrogen-bond donors (Lipinski definition) is 2. The molecule has 0 bridgehead atoms. The van der Waals surface area contributed by atoms with E-state index in [-0.39, 0.29) is 94.3 Å². The van der Waals surface area contributed by atoms with Gasteiger partial charge in [-0.3, -0.25) is 29.0 Å². The van der Waals surface area contributed by atoms with Crippen LogP contribution in [0.2, 0.25) is 0 Å². The highest BCUT2D eigenvalue weighted by Gasteiger charge is 2.46. The third kappa shape index (κ3) is 11.5. The van der Waals surface area contributed by atoms with E-state index >= 15 is 19.2 Å². The van der Waals surface area contributed by atoms with Gasteiger partial charge in [0.2, 0.25) is 0 Å². The minimum Gasteiger partial charge on any atom is -0.463 e. The molecule has 0 aliphatic carbocycles. The molecule has 4 aliphatic rings. The van der Waals surface area contributed by atoms with Gasteiger partial charge in [0.15, 0.2) is 0 Å². The van der Waals surface area contributed by atoms with Gasteiger partial charge in [-0.15, -0.1) is 0 Å². The second-order valence-corrected chi connectivity index (χ2v) is 23.6. The number of benzene rings is 9. The standard InChI is InChI=1S/C72H68N4O14/c1-7-9-53(71(81)83-29-27-73-35-47-37-85-47)75-67(77)49-31-55(87-43-19-11-39(3)12-20-43)61-63-57(89-45-23-15-41(5)16-24-45)33-51-60-52(70(80)76(69(51)79)54(10-8-2)72(82)84-30-28-74-36-48-38-86-48)34-58(90-46-25-17-42(6)18-26-46)64(66(60)63)62-56(88-44-21-13-40(4)14-22-44)32-50(68(75)78)59(49)65(61)62/h11-26,31-34,47-48,53-54,73-74H,7-10,27-30,35-38H2,1-6H3. The number of rotatable bonds is 26. The number of esters is 2. The van der Waals surface area contributed by atoms with Crippen LogP contribution >= 0.6 is 0 Å². The molecule has 2 N–H and O–H groups in total. The molecule has 9 aromatic carbocycles. The molecule has 0 radical (unpaired) electrons. The fraction of sp³-hybridized carbons (Fsp3) is 0.306. The van der Waals surface area contributed by atoms with Crippen LogP contribution < -0.4 is 29.6 Å². The van der Waals surface area contributed by atoms with E-state index in [1.807, 2.05) is 90.1 Å². The lowest BCUT2D eigenvalue weighted by molar-refractivity contribution is -0.149. The molecule has 4 aliphatic heterocycles. The summed E-state index contributed by atoms with van der Waals surface area (Å²) in [6.45, 7) is 14.6. The van der Waals surface area contributed by atoms with Gasteiger partial charge in [0.1, 0.15) is 71.3 Å². The van der Waals surface area contributed by atoms with Gasteiger partial charge in [0, 0.05) is 69.3 Å². The van der Waals surface area contributed by atoms with Crippen LogP contribution in [0.15, 0.2) is 121 Å². The third-order valence-corrected chi connectivity index (χ3v) is 16.8. The molecular formula is C72H68N4O14. The summed E-state index contributed by atoms with van der Waals surface area (Å²) >= 11 is 0. The maximum atomic E-state index is 15.9. The van der Waals surface area contributed by atoms with E-state index in [4.69, 9.17) is 37.9 Å². The number of ether oxygens (including phenoxy) is 8. The van der Waals surface area contributed by atoms with Gasteiger partial charge in [-0.2, -0.15) is 0 Å². The molecule has 18 nitrogen and oxygen atoms in total. The van der Waals surface area contributed by atoms with Crippen molar-refractivity contribution in [2.75, 3.05) is 52.6 Å². The summed E-state index contributed by atoms with van der Waals surface area (Å²) in [4.78, 5) is 94.5. The van der Waals surface area contributed by atoms with Gasteiger partial charge < -0.3 is 48.5 Å². The molecule has 4 atom stereocenters. The Balaban J connectivity index is 1.12. The zero-order valence-corrected chi connectivity index (χ0v) is 51.0. The maximum Gasteiger partial charge on any atom is 0.329 e. The van der Waals surface area contributed by atoms with Crippen LogP contribution in [0.1, 0.15) is 103 Å². The Labute approximate surface area is 519 Å². The van der Waals surface area contributed by atoms with Gasteiger partial charge in [0.25, 0.3) is 23.6 Å². The van der Waals surface area contributed by atoms with E-state index in [9.17, 15) is 9.59 Å². The van der Waals surface area contributed by atoms with E-state index in [1.54, 1.807) is 72.8 Å². The summed E-state index contributed by atoms with van der Waals surface area (Å²) in [6.07, 6.45) is 1.23. The maximum absolute atomic E-state index is 15.9. The number of carbonyl (C=O) groups is 6. The van der Waals surface area contributed by atoms with Crippen molar-refractivity contribution in [1.29, 1.82) is 0 Å². The Hall–Kier alpha value is -9.46. The van der Waals surface area contributed by atoms with Gasteiger partial charge in [0.05, 0.1) is 47.7 Å². The van der Waals surface area contributed by atoms with Crippen LogP contribution in [-0.4, -0.2) is 122 Å². The fourth-order valence-corrected chi connectivity index (χ4v) is 12.2. The molecule has 2 fully saturated rings. The number of hydrogen-bond acceptors (Lipinski definition) is 16. The van der Waals surface area contributed by atoms with Crippen molar-refractivity contribution in [2.45, 2.75) is 91.5 Å². The smallest absolute Gasteiger partial charge is 0.329 e. The number of amides is 4. The van der Waals surface area contributed by atoms with Crippen molar-refractivity contribution in [1.82, 2.24) is 20.4 Å². The van der Waals surface area contributed by atoms with Crippen molar-refractivity contribution in [3.8, 4) is 46.0 Å². The summed E-state index contributed by atoms with van der Waals surface area (Å²) in [5, 5.41) is 8.77. The second kappa shape index (κ2) is 24.8. The van der Waals surface area contributed by atoms with Crippen molar-refractivity contribution in [2.24, 2.45) is 0 Å². The molecule has 18 heteroatoms. The van der Waals surface area contributed by atoms with E-state index in [0.29, 0.717) is 108 Å². The monoisotopic (exact) mass is 1210 g/mol. The molecule has 0 aromatic heterocycles. The lowest BCUT2D eigenvalue weighted by atomic mass is 9.80. The summed E-state index contributed by atoms with van der Waals surface area (Å²) in [7, 11) is 0. The van der Waals surface area contributed by atoms with Crippen LogP contribution in [0.3, 0.4) is 0 Å². The van der Waals surface area contributed by atoms with Crippen LogP contribution in [-0.2, 0) is 28.5 Å². The topological polar surface area (TPSA) is 213 Å². The first kappa shape index (κ1) is 59.5. The molecule has 2 saturated heterocycles. The number of imide groups is 2. The van der Waals surface area contributed by atoms with Gasteiger partial charge >= 0.3 is 11.9 Å². The molecule has 0 saturated carbocycles. The summed E-state index contributed by atoms with van der Waals surface area (Å²) in [6, 6.07) is 33.1. The van der Waals surface area contributed by atoms with Crippen LogP contribution in [0.25, 0.3) is 43.1 Å². The number of nitrogens with one attached hydrogen (secondary N) is 2. The summed E-state index contributed by atoms with van der Waals surface area (Å²) < 4.78 is 50.8. The first-order valence-corrected chi connectivity index (χ1v) is 30.8. The van der Waals surface area contributed by atoms with E-state index < -0.39 is 47.7 Å². The Bertz CT molecular complexity index is 3810. The van der Waals surface area contributed by atoms with Gasteiger partial charge in [-0.1, -0.05) is 97.5 Å². The highest BCUT2D eigenvalue weighted by molar-refractivity contribution is 6.45. The van der Waals surface area contributed by atoms with Gasteiger partial charge in [-0.25, -0.2) is 9.59 Å². The molecule has 90 heavy (non-hydrogen) atoms. The van der Waals surface area contributed by atoms with E-state index in [2.05, 4.69) is 10.6 Å². The average molecular weight is 1210 g/mol. The van der Waals surface area contributed by atoms with Crippen molar-refractivity contribution in [3.63, 3.8) is 0 Å². The van der Waals surface area contributed by atoms with Crippen molar-refractivity contribution < 1.29 is 66.7 Å². The van der Waals surface area contributed by atoms with Crippen molar-refractivity contribution >= 4 is 78.7 Å². The Morgan fingerprint density at radius 2 is 0.700 bits per heavy atom. The molecule has 13 rings (SSSR count). The Morgan fingerprint density at radius 3 is 0.944 bits per heavy atom. The Kier molecular flexibility index (Phi) is 16.4. The number of carbonyl (C=O) groups excluding carboxylic acids is 6.